The van der Waals surface area contributed by atoms with Crippen molar-refractivity contribution < 1.29 is 9.53 Å². The van der Waals surface area contributed by atoms with Gasteiger partial charge in [0.2, 0.25) is 0 Å². The molecule has 1 unspecified atom stereocenters. The zero-order valence-electron chi connectivity index (χ0n) is 11.9. The highest BCUT2D eigenvalue weighted by molar-refractivity contribution is 7.13. The number of esters is 1. The van der Waals surface area contributed by atoms with Gasteiger partial charge in [-0.05, 0) is 11.4 Å². The van der Waals surface area contributed by atoms with Crippen LogP contribution in [0.4, 0.5) is 0 Å². The molecule has 0 fully saturated rings. The van der Waals surface area contributed by atoms with Crippen LogP contribution >= 0.6 is 11.3 Å². The summed E-state index contributed by atoms with van der Waals surface area (Å²) < 4.78 is 6.84. The number of rotatable bonds is 6. The molecule has 0 aromatic carbocycles. The van der Waals surface area contributed by atoms with Crippen molar-refractivity contribution in [1.29, 1.82) is 0 Å². The molecule has 0 aliphatic rings. The number of methoxy groups -OCH3 is 1. The lowest BCUT2D eigenvalue weighted by Crippen LogP contribution is -2.44. The average molecular weight is 293 g/mol. The molecule has 0 saturated carbocycles. The van der Waals surface area contributed by atoms with E-state index in [1.165, 1.54) is 7.11 Å². The molecule has 108 valence electrons. The van der Waals surface area contributed by atoms with Crippen LogP contribution in [0.2, 0.25) is 0 Å². The van der Waals surface area contributed by atoms with Gasteiger partial charge in [-0.15, -0.1) is 11.3 Å². The van der Waals surface area contributed by atoms with Gasteiger partial charge in [-0.3, -0.25) is 4.79 Å². The number of carbonyl (C=O) groups is 1. The third-order valence-electron chi connectivity index (χ3n) is 2.86. The van der Waals surface area contributed by atoms with Crippen molar-refractivity contribution in [2.24, 2.45) is 0 Å². The molecular formula is C14H19N3O2S. The quantitative estimate of drug-likeness (QED) is 0.829. The first-order valence-corrected chi connectivity index (χ1v) is 7.38. The molecule has 0 aliphatic heterocycles. The smallest absolute Gasteiger partial charge is 0.324 e. The second kappa shape index (κ2) is 6.67. The standard InChI is InChI=1S/C14H19N3O2S/c1-10(2)16-11(14(18)19-3)9-17-7-6-15-13(17)12-5-4-8-20-12/h4-8,10-11,16H,9H2,1-3H3. The molecule has 0 saturated heterocycles. The molecular weight excluding hydrogens is 274 g/mol. The van der Waals surface area contributed by atoms with Gasteiger partial charge in [-0.1, -0.05) is 19.9 Å². The van der Waals surface area contributed by atoms with Crippen LogP contribution < -0.4 is 5.32 Å². The SMILES string of the molecule is COC(=O)C(Cn1ccnc1-c1cccs1)NC(C)C. The summed E-state index contributed by atoms with van der Waals surface area (Å²) >= 11 is 1.63. The number of nitrogens with one attached hydrogen (secondary N) is 1. The number of ether oxygens (including phenoxy) is 1. The summed E-state index contributed by atoms with van der Waals surface area (Å²) in [6, 6.07) is 3.83. The van der Waals surface area contributed by atoms with Crippen molar-refractivity contribution >= 4 is 17.3 Å². The number of nitrogens with zero attached hydrogens (tertiary/aromatic N) is 2. The van der Waals surface area contributed by atoms with Crippen molar-refractivity contribution in [2.75, 3.05) is 7.11 Å². The van der Waals surface area contributed by atoms with Gasteiger partial charge in [0.05, 0.1) is 18.5 Å². The fourth-order valence-corrected chi connectivity index (χ4v) is 2.76. The maximum absolute atomic E-state index is 11.9. The number of aromatic nitrogens is 2. The lowest BCUT2D eigenvalue weighted by Gasteiger charge is -2.20. The Morgan fingerprint density at radius 3 is 2.95 bits per heavy atom. The summed E-state index contributed by atoms with van der Waals surface area (Å²) in [5, 5.41) is 5.23. The molecule has 1 atom stereocenters. The first-order chi connectivity index (χ1) is 9.61. The highest BCUT2D eigenvalue weighted by Crippen LogP contribution is 2.23. The number of carbonyl (C=O) groups excluding carboxylic acids is 1. The normalized spacial score (nSPS) is 12.6. The summed E-state index contributed by atoms with van der Waals surface area (Å²) in [6.07, 6.45) is 3.63. The molecule has 0 aliphatic carbocycles. The summed E-state index contributed by atoms with van der Waals surface area (Å²) in [5.74, 6) is 0.615. The van der Waals surface area contributed by atoms with Crippen LogP contribution in [0.25, 0.3) is 10.7 Å². The van der Waals surface area contributed by atoms with Crippen LogP contribution in [0.15, 0.2) is 29.9 Å². The maximum atomic E-state index is 11.9. The van der Waals surface area contributed by atoms with Crippen LogP contribution in [0.1, 0.15) is 13.8 Å². The van der Waals surface area contributed by atoms with E-state index in [2.05, 4.69) is 10.3 Å². The van der Waals surface area contributed by atoms with Crippen LogP contribution in [0.5, 0.6) is 0 Å². The van der Waals surface area contributed by atoms with E-state index in [1.54, 1.807) is 17.5 Å². The molecule has 2 heterocycles. The predicted molar refractivity (Wildman–Crippen MR) is 79.6 cm³/mol. The fraction of sp³-hybridized carbons (Fsp3) is 0.429. The molecule has 2 aromatic rings. The Labute approximate surface area is 122 Å². The van der Waals surface area contributed by atoms with Crippen LogP contribution in [-0.2, 0) is 16.1 Å². The van der Waals surface area contributed by atoms with Gasteiger partial charge in [0.15, 0.2) is 0 Å². The Kier molecular flexibility index (Phi) is 4.92. The molecule has 2 rings (SSSR count). The maximum Gasteiger partial charge on any atom is 0.324 e. The summed E-state index contributed by atoms with van der Waals surface area (Å²) in [6.45, 7) is 4.51. The molecule has 1 N–H and O–H groups in total. The van der Waals surface area contributed by atoms with E-state index >= 15 is 0 Å². The summed E-state index contributed by atoms with van der Waals surface area (Å²) in [5.41, 5.74) is 0. The third kappa shape index (κ3) is 3.46. The molecule has 0 amide bonds. The van der Waals surface area contributed by atoms with Gasteiger partial charge in [0.25, 0.3) is 0 Å². The lowest BCUT2D eigenvalue weighted by molar-refractivity contribution is -0.143. The first kappa shape index (κ1) is 14.7. The van der Waals surface area contributed by atoms with Crippen molar-refractivity contribution in [1.82, 2.24) is 14.9 Å². The van der Waals surface area contributed by atoms with E-state index in [0.29, 0.717) is 6.54 Å². The van der Waals surface area contributed by atoms with Crippen molar-refractivity contribution in [3.8, 4) is 10.7 Å². The van der Waals surface area contributed by atoms with E-state index in [4.69, 9.17) is 4.74 Å². The minimum absolute atomic E-state index is 0.202. The van der Waals surface area contributed by atoms with Gasteiger partial charge in [-0.2, -0.15) is 0 Å². The number of thiophene rings is 1. The van der Waals surface area contributed by atoms with Gasteiger partial charge in [-0.25, -0.2) is 4.98 Å². The van der Waals surface area contributed by atoms with Crippen molar-refractivity contribution in [3.05, 3.63) is 29.9 Å². The van der Waals surface area contributed by atoms with E-state index in [0.717, 1.165) is 10.7 Å². The molecule has 6 heteroatoms. The predicted octanol–water partition coefficient (Wildman–Crippen LogP) is 2.15. The Bertz CT molecular complexity index is 549. The third-order valence-corrected chi connectivity index (χ3v) is 3.72. The Morgan fingerprint density at radius 1 is 1.55 bits per heavy atom. The average Bonchev–Trinajstić information content (AvgIpc) is 3.06. The second-order valence-corrected chi connectivity index (χ2v) is 5.73. The zero-order valence-corrected chi connectivity index (χ0v) is 12.7. The zero-order chi connectivity index (χ0) is 14.5. The number of imidazole rings is 1. The van der Waals surface area contributed by atoms with Gasteiger partial charge in [0.1, 0.15) is 11.9 Å². The molecule has 2 aromatic heterocycles. The topological polar surface area (TPSA) is 56.2 Å². The van der Waals surface area contributed by atoms with Gasteiger partial charge in [0, 0.05) is 18.4 Å². The molecule has 0 spiro atoms. The van der Waals surface area contributed by atoms with E-state index in [9.17, 15) is 4.79 Å². The summed E-state index contributed by atoms with van der Waals surface area (Å²) in [7, 11) is 1.41. The van der Waals surface area contributed by atoms with E-state index in [-0.39, 0.29) is 18.1 Å². The molecule has 0 radical (unpaired) electrons. The highest BCUT2D eigenvalue weighted by Gasteiger charge is 2.21. The second-order valence-electron chi connectivity index (χ2n) is 4.78. The minimum Gasteiger partial charge on any atom is -0.468 e. The lowest BCUT2D eigenvalue weighted by atomic mass is 10.2. The van der Waals surface area contributed by atoms with Gasteiger partial charge >= 0.3 is 5.97 Å². The monoisotopic (exact) mass is 293 g/mol. The number of hydrogen-bond acceptors (Lipinski definition) is 5. The minimum atomic E-state index is -0.382. The van der Waals surface area contributed by atoms with Crippen molar-refractivity contribution in [3.63, 3.8) is 0 Å². The van der Waals surface area contributed by atoms with Crippen LogP contribution in [0, 0.1) is 0 Å². The number of hydrogen-bond donors (Lipinski definition) is 1. The fourth-order valence-electron chi connectivity index (χ4n) is 2.02. The summed E-state index contributed by atoms with van der Waals surface area (Å²) in [4.78, 5) is 17.3. The molecule has 5 nitrogen and oxygen atoms in total. The largest absolute Gasteiger partial charge is 0.468 e. The molecule has 0 bridgehead atoms. The first-order valence-electron chi connectivity index (χ1n) is 6.50. The Balaban J connectivity index is 2.19. The van der Waals surface area contributed by atoms with Crippen molar-refractivity contribution in [2.45, 2.75) is 32.5 Å². The van der Waals surface area contributed by atoms with E-state index < -0.39 is 0 Å². The highest BCUT2D eigenvalue weighted by atomic mass is 32.1. The van der Waals surface area contributed by atoms with Crippen LogP contribution in [0.3, 0.4) is 0 Å². The Hall–Kier alpha value is -1.66. The van der Waals surface area contributed by atoms with Gasteiger partial charge < -0.3 is 14.6 Å². The van der Waals surface area contributed by atoms with Crippen LogP contribution in [-0.4, -0.2) is 34.7 Å². The molecule has 20 heavy (non-hydrogen) atoms. The van der Waals surface area contributed by atoms with E-state index in [1.807, 2.05) is 42.1 Å². The Morgan fingerprint density at radius 2 is 2.35 bits per heavy atom.